The highest BCUT2D eigenvalue weighted by atomic mass is 35.5. The van der Waals surface area contributed by atoms with Crippen LogP contribution in [0.3, 0.4) is 0 Å². The lowest BCUT2D eigenvalue weighted by molar-refractivity contribution is -0.122. The van der Waals surface area contributed by atoms with Gasteiger partial charge < -0.3 is 9.73 Å². The van der Waals surface area contributed by atoms with E-state index >= 15 is 0 Å². The molecule has 3 rings (SSSR count). The maximum Gasteiger partial charge on any atom is 0.293 e. The normalized spacial score (nSPS) is 15.8. The van der Waals surface area contributed by atoms with Crippen molar-refractivity contribution in [2.75, 3.05) is 13.1 Å². The van der Waals surface area contributed by atoms with Gasteiger partial charge in [-0.3, -0.25) is 19.3 Å². The minimum Gasteiger partial charge on any atom is -0.456 e. The van der Waals surface area contributed by atoms with Gasteiger partial charge in [-0.25, -0.2) is 0 Å². The van der Waals surface area contributed by atoms with Crippen LogP contribution in [0, 0.1) is 6.92 Å². The molecule has 2 aromatic rings. The Hall–Kier alpha value is -2.51. The number of imide groups is 1. The van der Waals surface area contributed by atoms with Crippen LogP contribution in [0.5, 0.6) is 0 Å². The van der Waals surface area contributed by atoms with E-state index in [2.05, 4.69) is 5.32 Å². The second kappa shape index (κ2) is 7.80. The summed E-state index contributed by atoms with van der Waals surface area (Å²) in [6.07, 6.45) is 1.59. The van der Waals surface area contributed by atoms with Gasteiger partial charge in [-0.15, -0.1) is 0 Å². The third kappa shape index (κ3) is 4.00. The summed E-state index contributed by atoms with van der Waals surface area (Å²) in [7, 11) is 0. The lowest BCUT2D eigenvalue weighted by Crippen LogP contribution is -2.37. The second-order valence-corrected chi connectivity index (χ2v) is 6.92. The van der Waals surface area contributed by atoms with Crippen LogP contribution in [0.2, 0.25) is 5.02 Å². The third-order valence-corrected chi connectivity index (χ3v) is 4.90. The monoisotopic (exact) mass is 390 g/mol. The topological polar surface area (TPSA) is 79.6 Å². The van der Waals surface area contributed by atoms with Crippen molar-refractivity contribution < 1.29 is 18.8 Å². The molecule has 1 saturated heterocycles. The van der Waals surface area contributed by atoms with E-state index in [-0.39, 0.29) is 24.1 Å². The Morgan fingerprint density at radius 2 is 2.04 bits per heavy atom. The van der Waals surface area contributed by atoms with Crippen molar-refractivity contribution in [2.45, 2.75) is 6.92 Å². The van der Waals surface area contributed by atoms with Crippen molar-refractivity contribution in [3.05, 3.63) is 63.4 Å². The molecule has 0 radical (unpaired) electrons. The molecule has 8 heteroatoms. The highest BCUT2D eigenvalue weighted by Gasteiger charge is 2.34. The maximum atomic E-state index is 12.4. The first-order valence-corrected chi connectivity index (χ1v) is 8.99. The summed E-state index contributed by atoms with van der Waals surface area (Å²) in [6.45, 7) is 1.95. The molecule has 6 nitrogen and oxygen atoms in total. The number of thioether (sulfide) groups is 1. The predicted molar refractivity (Wildman–Crippen MR) is 99.9 cm³/mol. The molecule has 0 saturated carbocycles. The smallest absolute Gasteiger partial charge is 0.293 e. The van der Waals surface area contributed by atoms with E-state index in [9.17, 15) is 14.4 Å². The molecule has 1 aromatic carbocycles. The first kappa shape index (κ1) is 18.3. The third-order valence-electron chi connectivity index (χ3n) is 3.65. The Labute approximate surface area is 159 Å². The quantitative estimate of drug-likeness (QED) is 0.787. The van der Waals surface area contributed by atoms with Gasteiger partial charge >= 0.3 is 0 Å². The number of amides is 3. The van der Waals surface area contributed by atoms with Crippen molar-refractivity contribution in [3.63, 3.8) is 0 Å². The Morgan fingerprint density at radius 3 is 2.73 bits per heavy atom. The lowest BCUT2D eigenvalue weighted by atomic mass is 10.2. The standard InChI is InChI=1S/C18H15ClN2O4S/c1-11-6-7-14(25-11)16(22)20-8-9-21-17(23)15(26-18(21)24)10-12-4-2-3-5-13(12)19/h2-7,10H,8-9H2,1H3,(H,20,22). The summed E-state index contributed by atoms with van der Waals surface area (Å²) in [6, 6.07) is 10.3. The SMILES string of the molecule is Cc1ccc(C(=O)NCCN2C(=O)SC(=Cc3ccccc3Cl)C2=O)o1. The number of nitrogens with one attached hydrogen (secondary N) is 1. The number of aryl methyl sites for hydroxylation is 1. The van der Waals surface area contributed by atoms with E-state index in [1.54, 1.807) is 49.4 Å². The summed E-state index contributed by atoms with van der Waals surface area (Å²) in [4.78, 5) is 37.8. The molecule has 1 aromatic heterocycles. The molecule has 134 valence electrons. The number of hydrogen-bond acceptors (Lipinski definition) is 5. The molecule has 26 heavy (non-hydrogen) atoms. The summed E-state index contributed by atoms with van der Waals surface area (Å²) in [5.41, 5.74) is 0.668. The summed E-state index contributed by atoms with van der Waals surface area (Å²) < 4.78 is 5.22. The van der Waals surface area contributed by atoms with Gasteiger partial charge in [0, 0.05) is 18.1 Å². The minimum atomic E-state index is -0.400. The molecule has 0 aliphatic carbocycles. The first-order chi connectivity index (χ1) is 12.5. The number of carbonyl (C=O) groups is 3. The van der Waals surface area contributed by atoms with E-state index in [1.165, 1.54) is 0 Å². The molecule has 1 aliphatic heterocycles. The van der Waals surface area contributed by atoms with Gasteiger partial charge in [-0.05, 0) is 48.5 Å². The van der Waals surface area contributed by atoms with Gasteiger partial charge in [-0.1, -0.05) is 29.8 Å². The number of halogens is 1. The fourth-order valence-electron chi connectivity index (χ4n) is 2.35. The van der Waals surface area contributed by atoms with E-state index in [0.717, 1.165) is 16.7 Å². The van der Waals surface area contributed by atoms with E-state index < -0.39 is 11.8 Å². The van der Waals surface area contributed by atoms with Gasteiger partial charge in [0.15, 0.2) is 5.76 Å². The minimum absolute atomic E-state index is 0.0793. The first-order valence-electron chi connectivity index (χ1n) is 7.80. The predicted octanol–water partition coefficient (Wildman–Crippen LogP) is 3.71. The Kier molecular flexibility index (Phi) is 5.49. The highest BCUT2D eigenvalue weighted by Crippen LogP contribution is 2.33. The zero-order chi connectivity index (χ0) is 18.7. The average Bonchev–Trinajstić information content (AvgIpc) is 3.15. The molecular weight excluding hydrogens is 376 g/mol. The number of carbonyl (C=O) groups excluding carboxylic acids is 3. The van der Waals surface area contributed by atoms with Crippen LogP contribution in [0.4, 0.5) is 4.79 Å². The van der Waals surface area contributed by atoms with E-state index in [1.807, 2.05) is 0 Å². The Balaban J connectivity index is 1.61. The van der Waals surface area contributed by atoms with Gasteiger partial charge in [0.2, 0.25) is 0 Å². The second-order valence-electron chi connectivity index (χ2n) is 5.52. The van der Waals surface area contributed by atoms with E-state index in [0.29, 0.717) is 21.3 Å². The van der Waals surface area contributed by atoms with Crippen molar-refractivity contribution >= 4 is 46.5 Å². The molecule has 0 atom stereocenters. The molecule has 3 amide bonds. The van der Waals surface area contributed by atoms with E-state index in [4.69, 9.17) is 16.0 Å². The van der Waals surface area contributed by atoms with Crippen LogP contribution < -0.4 is 5.32 Å². The van der Waals surface area contributed by atoms with Gasteiger partial charge in [-0.2, -0.15) is 0 Å². The zero-order valence-corrected chi connectivity index (χ0v) is 15.4. The Morgan fingerprint density at radius 1 is 1.27 bits per heavy atom. The maximum absolute atomic E-state index is 12.4. The van der Waals surface area contributed by atoms with Gasteiger partial charge in [0.05, 0.1) is 4.91 Å². The van der Waals surface area contributed by atoms with Crippen LogP contribution in [-0.2, 0) is 4.79 Å². The largest absolute Gasteiger partial charge is 0.456 e. The highest BCUT2D eigenvalue weighted by molar-refractivity contribution is 8.18. The summed E-state index contributed by atoms with van der Waals surface area (Å²) in [5.74, 6) is 0.0285. The fourth-order valence-corrected chi connectivity index (χ4v) is 3.40. The summed E-state index contributed by atoms with van der Waals surface area (Å²) in [5, 5.41) is 2.75. The van der Waals surface area contributed by atoms with Crippen LogP contribution in [0.15, 0.2) is 45.7 Å². The van der Waals surface area contributed by atoms with Gasteiger partial charge in [0.1, 0.15) is 5.76 Å². The zero-order valence-electron chi connectivity index (χ0n) is 13.8. The number of nitrogens with zero attached hydrogens (tertiary/aromatic N) is 1. The van der Waals surface area contributed by atoms with Crippen molar-refractivity contribution in [3.8, 4) is 0 Å². The van der Waals surface area contributed by atoms with Crippen molar-refractivity contribution in [1.82, 2.24) is 10.2 Å². The van der Waals surface area contributed by atoms with Gasteiger partial charge in [0.25, 0.3) is 17.1 Å². The molecule has 1 fully saturated rings. The van der Waals surface area contributed by atoms with Crippen LogP contribution in [0.25, 0.3) is 6.08 Å². The number of hydrogen-bond donors (Lipinski definition) is 1. The molecular formula is C18H15ClN2O4S. The molecule has 1 N–H and O–H groups in total. The summed E-state index contributed by atoms with van der Waals surface area (Å²) >= 11 is 6.93. The average molecular weight is 391 g/mol. The van der Waals surface area contributed by atoms with Crippen molar-refractivity contribution in [1.29, 1.82) is 0 Å². The fraction of sp³-hybridized carbons (Fsp3) is 0.167. The lowest BCUT2D eigenvalue weighted by Gasteiger charge is -2.12. The van der Waals surface area contributed by atoms with Crippen LogP contribution >= 0.6 is 23.4 Å². The molecule has 0 unspecified atom stereocenters. The molecule has 1 aliphatic rings. The Bertz CT molecular complexity index is 906. The van der Waals surface area contributed by atoms with Crippen LogP contribution in [0.1, 0.15) is 21.9 Å². The number of furan rings is 1. The van der Waals surface area contributed by atoms with Crippen LogP contribution in [-0.4, -0.2) is 35.0 Å². The number of benzene rings is 1. The molecule has 2 heterocycles. The molecule has 0 bridgehead atoms. The molecule has 0 spiro atoms. The van der Waals surface area contributed by atoms with Crippen molar-refractivity contribution in [2.24, 2.45) is 0 Å². The number of rotatable bonds is 5.